The fourth-order valence-electron chi connectivity index (χ4n) is 3.46. The molecule has 0 amide bonds. The molecule has 6 heteroatoms. The molecule has 1 aliphatic rings. The molecule has 1 saturated heterocycles. The van der Waals surface area contributed by atoms with E-state index in [2.05, 4.69) is 9.97 Å². The van der Waals surface area contributed by atoms with Crippen molar-refractivity contribution in [2.75, 3.05) is 6.61 Å². The topological polar surface area (TPSA) is 77.0 Å². The minimum Gasteiger partial charge on any atom is -0.376 e. The summed E-state index contributed by atoms with van der Waals surface area (Å²) in [4.78, 5) is 31.7. The van der Waals surface area contributed by atoms with Gasteiger partial charge in [0.25, 0.3) is 5.56 Å². The van der Waals surface area contributed by atoms with E-state index in [1.807, 2.05) is 37.3 Å². The molecule has 1 fully saturated rings. The SMILES string of the molecule is Cc1ccccc1-c1ccnc2c1c(=O)[nH]c(=O)n2C[C@@H]1CCCO1. The average molecular weight is 337 g/mol. The van der Waals surface area contributed by atoms with E-state index in [0.717, 1.165) is 29.5 Å². The molecule has 3 heterocycles. The zero-order chi connectivity index (χ0) is 17.4. The maximum absolute atomic E-state index is 12.6. The quantitative estimate of drug-likeness (QED) is 0.795. The minimum absolute atomic E-state index is 0.0179. The summed E-state index contributed by atoms with van der Waals surface area (Å²) in [6, 6.07) is 9.68. The lowest BCUT2D eigenvalue weighted by Crippen LogP contribution is -2.34. The second-order valence-corrected chi connectivity index (χ2v) is 6.38. The molecule has 1 N–H and O–H groups in total. The number of aromatic nitrogens is 3. The number of pyridine rings is 1. The first kappa shape index (κ1) is 15.8. The summed E-state index contributed by atoms with van der Waals surface area (Å²) in [5.74, 6) is 0. The molecule has 128 valence electrons. The second-order valence-electron chi connectivity index (χ2n) is 6.38. The summed E-state index contributed by atoms with van der Waals surface area (Å²) in [5.41, 5.74) is 2.36. The highest BCUT2D eigenvalue weighted by Crippen LogP contribution is 2.27. The van der Waals surface area contributed by atoms with Crippen LogP contribution in [-0.4, -0.2) is 27.2 Å². The van der Waals surface area contributed by atoms with Crippen molar-refractivity contribution in [3.8, 4) is 11.1 Å². The molecule has 2 aromatic heterocycles. The number of aromatic amines is 1. The number of hydrogen-bond acceptors (Lipinski definition) is 4. The highest BCUT2D eigenvalue weighted by molar-refractivity contribution is 5.92. The van der Waals surface area contributed by atoms with Crippen molar-refractivity contribution in [2.24, 2.45) is 0 Å². The van der Waals surface area contributed by atoms with Gasteiger partial charge in [0.2, 0.25) is 0 Å². The Balaban J connectivity index is 1.97. The molecule has 0 unspecified atom stereocenters. The largest absolute Gasteiger partial charge is 0.376 e. The van der Waals surface area contributed by atoms with E-state index in [1.165, 1.54) is 4.57 Å². The smallest absolute Gasteiger partial charge is 0.330 e. The third-order valence-electron chi connectivity index (χ3n) is 4.72. The number of ether oxygens (including phenoxy) is 1. The van der Waals surface area contributed by atoms with E-state index in [0.29, 0.717) is 24.2 Å². The molecule has 3 aromatic rings. The standard InChI is InChI=1S/C19H19N3O3/c1-12-5-2-3-7-14(12)15-8-9-20-17-16(15)18(23)21-19(24)22(17)11-13-6-4-10-25-13/h2-3,5,7-9,13H,4,6,10-11H2,1H3,(H,21,23,24)/t13-/m0/s1. The normalized spacial score (nSPS) is 17.2. The van der Waals surface area contributed by atoms with E-state index in [9.17, 15) is 9.59 Å². The van der Waals surface area contributed by atoms with Crippen molar-refractivity contribution in [1.29, 1.82) is 0 Å². The molecule has 6 nitrogen and oxygen atoms in total. The minimum atomic E-state index is -0.442. The molecule has 0 radical (unpaired) electrons. The third kappa shape index (κ3) is 2.78. The predicted octanol–water partition coefficient (Wildman–Crippen LogP) is 2.24. The highest BCUT2D eigenvalue weighted by Gasteiger charge is 2.20. The molecule has 0 bridgehead atoms. The number of hydrogen-bond donors (Lipinski definition) is 1. The van der Waals surface area contributed by atoms with Gasteiger partial charge in [0, 0.05) is 12.8 Å². The Labute approximate surface area is 144 Å². The van der Waals surface area contributed by atoms with Crippen LogP contribution in [0.15, 0.2) is 46.1 Å². The summed E-state index contributed by atoms with van der Waals surface area (Å²) in [6.07, 6.45) is 3.53. The lowest BCUT2D eigenvalue weighted by atomic mass is 9.99. The number of fused-ring (bicyclic) bond motifs is 1. The van der Waals surface area contributed by atoms with Crippen LogP contribution in [0, 0.1) is 6.92 Å². The van der Waals surface area contributed by atoms with Crippen molar-refractivity contribution in [3.05, 3.63) is 62.9 Å². The summed E-state index contributed by atoms with van der Waals surface area (Å²) in [6.45, 7) is 3.11. The van der Waals surface area contributed by atoms with Crippen LogP contribution in [0.2, 0.25) is 0 Å². The molecule has 1 aliphatic heterocycles. The van der Waals surface area contributed by atoms with Gasteiger partial charge >= 0.3 is 5.69 Å². The molecule has 1 aromatic carbocycles. The number of H-pyrrole nitrogens is 1. The Morgan fingerprint density at radius 2 is 2.08 bits per heavy atom. The third-order valence-corrected chi connectivity index (χ3v) is 4.72. The first-order valence-corrected chi connectivity index (χ1v) is 8.44. The Morgan fingerprint density at radius 3 is 2.84 bits per heavy atom. The van der Waals surface area contributed by atoms with Gasteiger partial charge in [-0.3, -0.25) is 14.3 Å². The van der Waals surface area contributed by atoms with Crippen molar-refractivity contribution in [3.63, 3.8) is 0 Å². The first-order valence-electron chi connectivity index (χ1n) is 8.44. The van der Waals surface area contributed by atoms with Gasteiger partial charge < -0.3 is 4.74 Å². The zero-order valence-electron chi connectivity index (χ0n) is 14.0. The fraction of sp³-hybridized carbons (Fsp3) is 0.316. The van der Waals surface area contributed by atoms with Gasteiger partial charge in [-0.15, -0.1) is 0 Å². The molecule has 25 heavy (non-hydrogen) atoms. The maximum Gasteiger partial charge on any atom is 0.330 e. The number of nitrogens with one attached hydrogen (secondary N) is 1. The van der Waals surface area contributed by atoms with E-state index in [-0.39, 0.29) is 6.10 Å². The molecule has 0 aliphatic carbocycles. The highest BCUT2D eigenvalue weighted by atomic mass is 16.5. The number of benzene rings is 1. The van der Waals surface area contributed by atoms with Crippen LogP contribution >= 0.6 is 0 Å². The lowest BCUT2D eigenvalue weighted by molar-refractivity contribution is 0.0967. The first-order chi connectivity index (χ1) is 12.1. The Hall–Kier alpha value is -2.73. The van der Waals surface area contributed by atoms with Gasteiger partial charge in [0.05, 0.1) is 18.0 Å². The van der Waals surface area contributed by atoms with Crippen molar-refractivity contribution in [2.45, 2.75) is 32.4 Å². The molecule has 4 rings (SSSR count). The monoisotopic (exact) mass is 337 g/mol. The predicted molar refractivity (Wildman–Crippen MR) is 95.8 cm³/mol. The Bertz CT molecular complexity index is 1050. The molecule has 0 spiro atoms. The number of rotatable bonds is 3. The van der Waals surface area contributed by atoms with Gasteiger partial charge in [-0.25, -0.2) is 9.78 Å². The second kappa shape index (κ2) is 6.29. The Kier molecular flexibility index (Phi) is 3.97. The van der Waals surface area contributed by atoms with Crippen LogP contribution in [0.1, 0.15) is 18.4 Å². The maximum atomic E-state index is 12.6. The number of nitrogens with zero attached hydrogens (tertiary/aromatic N) is 2. The van der Waals surface area contributed by atoms with Gasteiger partial charge in [-0.1, -0.05) is 24.3 Å². The van der Waals surface area contributed by atoms with E-state index < -0.39 is 11.2 Å². The summed E-state index contributed by atoms with van der Waals surface area (Å²) in [5, 5.41) is 0.439. The van der Waals surface area contributed by atoms with Crippen molar-refractivity contribution in [1.82, 2.24) is 14.5 Å². The van der Waals surface area contributed by atoms with Gasteiger partial charge in [0.15, 0.2) is 0 Å². The van der Waals surface area contributed by atoms with E-state index in [1.54, 1.807) is 6.20 Å². The molecule has 1 atom stereocenters. The van der Waals surface area contributed by atoms with Crippen LogP contribution in [0.3, 0.4) is 0 Å². The van der Waals surface area contributed by atoms with Crippen LogP contribution in [-0.2, 0) is 11.3 Å². The molecular weight excluding hydrogens is 318 g/mol. The fourth-order valence-corrected chi connectivity index (χ4v) is 3.46. The summed E-state index contributed by atoms with van der Waals surface area (Å²) >= 11 is 0. The summed E-state index contributed by atoms with van der Waals surface area (Å²) in [7, 11) is 0. The van der Waals surface area contributed by atoms with Crippen molar-refractivity contribution >= 4 is 11.0 Å². The van der Waals surface area contributed by atoms with E-state index in [4.69, 9.17) is 4.74 Å². The number of aryl methyl sites for hydroxylation is 1. The van der Waals surface area contributed by atoms with Crippen LogP contribution in [0.5, 0.6) is 0 Å². The van der Waals surface area contributed by atoms with Crippen molar-refractivity contribution < 1.29 is 4.74 Å². The zero-order valence-corrected chi connectivity index (χ0v) is 14.0. The molecule has 0 saturated carbocycles. The average Bonchev–Trinajstić information content (AvgIpc) is 3.11. The lowest BCUT2D eigenvalue weighted by Gasteiger charge is -2.15. The Morgan fingerprint density at radius 1 is 1.24 bits per heavy atom. The molecular formula is C19H19N3O3. The van der Waals surface area contributed by atoms with Gasteiger partial charge in [-0.2, -0.15) is 0 Å². The van der Waals surface area contributed by atoms with Crippen LogP contribution in [0.25, 0.3) is 22.2 Å². The van der Waals surface area contributed by atoms with Crippen LogP contribution < -0.4 is 11.2 Å². The summed E-state index contributed by atoms with van der Waals surface area (Å²) < 4.78 is 7.17. The van der Waals surface area contributed by atoms with Gasteiger partial charge in [0.1, 0.15) is 5.65 Å². The van der Waals surface area contributed by atoms with Crippen LogP contribution in [0.4, 0.5) is 0 Å². The van der Waals surface area contributed by atoms with Gasteiger partial charge in [-0.05, 0) is 42.5 Å². The van der Waals surface area contributed by atoms with E-state index >= 15 is 0 Å².